The summed E-state index contributed by atoms with van der Waals surface area (Å²) >= 11 is 6.05. The molecule has 8 heteroatoms. The second-order valence-electron chi connectivity index (χ2n) is 7.38. The van der Waals surface area contributed by atoms with Crippen LogP contribution in [0.3, 0.4) is 0 Å². The van der Waals surface area contributed by atoms with Crippen LogP contribution in [0.5, 0.6) is 5.75 Å². The number of nitrogens with zero attached hydrogens (tertiary/aromatic N) is 2. The van der Waals surface area contributed by atoms with Crippen molar-refractivity contribution >= 4 is 23.4 Å². The quantitative estimate of drug-likeness (QED) is 0.371. The lowest BCUT2D eigenvalue weighted by molar-refractivity contribution is 0.0925. The number of halogens is 1. The van der Waals surface area contributed by atoms with Crippen molar-refractivity contribution in [1.29, 1.82) is 0 Å². The first-order valence-corrected chi connectivity index (χ1v) is 11.1. The molecule has 172 valence electrons. The Morgan fingerprint density at radius 3 is 2.21 bits per heavy atom. The number of rotatable bonds is 8. The van der Waals surface area contributed by atoms with Crippen LogP contribution < -0.4 is 15.4 Å². The Hall–Kier alpha value is -4.10. The first-order valence-electron chi connectivity index (χ1n) is 10.7. The lowest BCUT2D eigenvalue weighted by Gasteiger charge is -2.08. The Kier molecular flexibility index (Phi) is 7.25. The van der Waals surface area contributed by atoms with Crippen LogP contribution in [0.25, 0.3) is 16.9 Å². The predicted octanol–water partition coefficient (Wildman–Crippen LogP) is 4.36. The number of hydrogen-bond donors (Lipinski definition) is 2. The van der Waals surface area contributed by atoms with Crippen molar-refractivity contribution in [3.05, 3.63) is 101 Å². The van der Waals surface area contributed by atoms with E-state index in [4.69, 9.17) is 16.3 Å². The maximum absolute atomic E-state index is 12.8. The van der Waals surface area contributed by atoms with Gasteiger partial charge in [0.05, 0.1) is 29.1 Å². The number of para-hydroxylation sites is 1. The molecule has 34 heavy (non-hydrogen) atoms. The molecule has 0 atom stereocenters. The maximum atomic E-state index is 12.8. The molecule has 0 bridgehead atoms. The van der Waals surface area contributed by atoms with E-state index in [9.17, 15) is 9.59 Å². The number of ether oxygens (including phenoxy) is 1. The molecule has 4 aromatic rings. The second kappa shape index (κ2) is 10.7. The summed E-state index contributed by atoms with van der Waals surface area (Å²) in [7, 11) is 1.61. The van der Waals surface area contributed by atoms with Gasteiger partial charge >= 0.3 is 0 Å². The van der Waals surface area contributed by atoms with Gasteiger partial charge in [-0.3, -0.25) is 9.59 Å². The summed E-state index contributed by atoms with van der Waals surface area (Å²) in [6, 6.07) is 25.7. The van der Waals surface area contributed by atoms with E-state index in [2.05, 4.69) is 15.7 Å². The fourth-order valence-corrected chi connectivity index (χ4v) is 3.63. The summed E-state index contributed by atoms with van der Waals surface area (Å²) in [5, 5.41) is 10.5. The second-order valence-corrected chi connectivity index (χ2v) is 7.79. The van der Waals surface area contributed by atoms with Crippen molar-refractivity contribution in [2.24, 2.45) is 0 Å². The molecule has 0 spiro atoms. The zero-order valence-electron chi connectivity index (χ0n) is 18.5. The third-order valence-electron chi connectivity index (χ3n) is 5.14. The Balaban J connectivity index is 1.46. The summed E-state index contributed by atoms with van der Waals surface area (Å²) in [6.07, 6.45) is 0. The third kappa shape index (κ3) is 5.27. The van der Waals surface area contributed by atoms with Gasteiger partial charge in [-0.25, -0.2) is 4.68 Å². The number of methoxy groups -OCH3 is 1. The molecule has 0 aliphatic heterocycles. The summed E-state index contributed by atoms with van der Waals surface area (Å²) in [6.45, 7) is 0.492. The molecule has 0 radical (unpaired) electrons. The van der Waals surface area contributed by atoms with Crippen LogP contribution in [0.2, 0.25) is 5.02 Å². The van der Waals surface area contributed by atoms with E-state index in [1.165, 1.54) is 0 Å². The van der Waals surface area contributed by atoms with Crippen molar-refractivity contribution < 1.29 is 14.3 Å². The molecule has 0 aliphatic rings. The van der Waals surface area contributed by atoms with E-state index in [0.29, 0.717) is 10.6 Å². The molecular formula is C26H23ClN4O3. The van der Waals surface area contributed by atoms with Gasteiger partial charge in [-0.05, 0) is 54.6 Å². The van der Waals surface area contributed by atoms with E-state index in [1.54, 1.807) is 42.1 Å². The van der Waals surface area contributed by atoms with Gasteiger partial charge < -0.3 is 15.4 Å². The highest BCUT2D eigenvalue weighted by Gasteiger charge is 2.17. The minimum absolute atomic E-state index is 0.241. The largest absolute Gasteiger partial charge is 0.497 e. The van der Waals surface area contributed by atoms with Gasteiger partial charge in [0.2, 0.25) is 0 Å². The molecule has 0 fully saturated rings. The first kappa shape index (κ1) is 23.1. The average molecular weight is 475 g/mol. The molecule has 1 aromatic heterocycles. The summed E-state index contributed by atoms with van der Waals surface area (Å²) < 4.78 is 6.98. The smallest absolute Gasteiger partial charge is 0.271 e. The standard InChI is InChI=1S/C26H23ClN4O3/c1-34-20-13-11-18(12-14-20)24-17-23(30-31(24)19-7-3-2-4-8-19)26(33)29-16-15-28-25(32)21-9-5-6-10-22(21)27/h2-14,17H,15-16H2,1H3,(H,28,32)(H,29,33). The highest BCUT2D eigenvalue weighted by Crippen LogP contribution is 2.26. The van der Waals surface area contributed by atoms with Crippen LogP contribution in [-0.4, -0.2) is 41.8 Å². The van der Waals surface area contributed by atoms with Crippen LogP contribution in [0, 0.1) is 0 Å². The number of amides is 2. The molecule has 2 N–H and O–H groups in total. The average Bonchev–Trinajstić information content (AvgIpc) is 3.33. The number of benzene rings is 3. The topological polar surface area (TPSA) is 85.2 Å². The molecule has 4 rings (SSSR count). The van der Waals surface area contributed by atoms with E-state index in [-0.39, 0.29) is 30.6 Å². The highest BCUT2D eigenvalue weighted by atomic mass is 35.5. The number of carbonyl (C=O) groups is 2. The fourth-order valence-electron chi connectivity index (χ4n) is 3.41. The number of carbonyl (C=O) groups excluding carboxylic acids is 2. The van der Waals surface area contributed by atoms with E-state index in [1.807, 2.05) is 54.6 Å². The molecule has 0 saturated heterocycles. The minimum Gasteiger partial charge on any atom is -0.497 e. The normalized spacial score (nSPS) is 10.5. The van der Waals surface area contributed by atoms with E-state index >= 15 is 0 Å². The highest BCUT2D eigenvalue weighted by molar-refractivity contribution is 6.33. The van der Waals surface area contributed by atoms with Crippen molar-refractivity contribution in [3.63, 3.8) is 0 Å². The molecule has 0 saturated carbocycles. The summed E-state index contributed by atoms with van der Waals surface area (Å²) in [5.41, 5.74) is 3.15. The number of aromatic nitrogens is 2. The monoisotopic (exact) mass is 474 g/mol. The molecule has 7 nitrogen and oxygen atoms in total. The Morgan fingerprint density at radius 2 is 1.53 bits per heavy atom. The zero-order valence-corrected chi connectivity index (χ0v) is 19.3. The Labute approximate surface area is 202 Å². The molecule has 3 aromatic carbocycles. The van der Waals surface area contributed by atoms with Gasteiger partial charge in [0, 0.05) is 18.7 Å². The van der Waals surface area contributed by atoms with Crippen molar-refractivity contribution in [2.75, 3.05) is 20.2 Å². The fraction of sp³-hybridized carbons (Fsp3) is 0.115. The van der Waals surface area contributed by atoms with Gasteiger partial charge in [-0.2, -0.15) is 5.10 Å². The van der Waals surface area contributed by atoms with E-state index in [0.717, 1.165) is 22.7 Å². The third-order valence-corrected chi connectivity index (χ3v) is 5.47. The molecule has 1 heterocycles. The number of nitrogens with one attached hydrogen (secondary N) is 2. The van der Waals surface area contributed by atoms with Gasteiger partial charge in [0.15, 0.2) is 5.69 Å². The summed E-state index contributed by atoms with van der Waals surface area (Å²) in [4.78, 5) is 25.1. The van der Waals surface area contributed by atoms with Crippen molar-refractivity contribution in [1.82, 2.24) is 20.4 Å². The van der Waals surface area contributed by atoms with Gasteiger partial charge in [-0.1, -0.05) is 41.9 Å². The first-order chi connectivity index (χ1) is 16.6. The van der Waals surface area contributed by atoms with Gasteiger partial charge in [-0.15, -0.1) is 0 Å². The lowest BCUT2D eigenvalue weighted by atomic mass is 10.1. The molecular weight excluding hydrogens is 452 g/mol. The van der Waals surface area contributed by atoms with Crippen molar-refractivity contribution in [3.8, 4) is 22.7 Å². The van der Waals surface area contributed by atoms with Crippen LogP contribution in [0.4, 0.5) is 0 Å². The van der Waals surface area contributed by atoms with Gasteiger partial charge in [0.25, 0.3) is 11.8 Å². The molecule has 2 amide bonds. The summed E-state index contributed by atoms with van der Waals surface area (Å²) in [5.74, 6) is 0.109. The van der Waals surface area contributed by atoms with E-state index < -0.39 is 0 Å². The molecule has 0 aliphatic carbocycles. The van der Waals surface area contributed by atoms with Gasteiger partial charge in [0.1, 0.15) is 5.75 Å². The minimum atomic E-state index is -0.337. The maximum Gasteiger partial charge on any atom is 0.271 e. The number of hydrogen-bond acceptors (Lipinski definition) is 4. The van der Waals surface area contributed by atoms with Crippen LogP contribution >= 0.6 is 11.6 Å². The molecule has 0 unspecified atom stereocenters. The lowest BCUT2D eigenvalue weighted by Crippen LogP contribution is -2.35. The van der Waals surface area contributed by atoms with Crippen molar-refractivity contribution in [2.45, 2.75) is 0 Å². The van der Waals surface area contributed by atoms with Crippen LogP contribution in [-0.2, 0) is 0 Å². The Bertz CT molecular complexity index is 1290. The van der Waals surface area contributed by atoms with Crippen LogP contribution in [0.1, 0.15) is 20.8 Å². The Morgan fingerprint density at radius 1 is 0.882 bits per heavy atom. The predicted molar refractivity (Wildman–Crippen MR) is 132 cm³/mol. The zero-order chi connectivity index (χ0) is 23.9. The SMILES string of the molecule is COc1ccc(-c2cc(C(=O)NCCNC(=O)c3ccccc3Cl)nn2-c2ccccc2)cc1. The van der Waals surface area contributed by atoms with Crippen LogP contribution in [0.15, 0.2) is 84.9 Å².